The third-order valence-corrected chi connectivity index (χ3v) is 4.03. The van der Waals surface area contributed by atoms with Gasteiger partial charge in [0.2, 0.25) is 0 Å². The zero-order valence-electron chi connectivity index (χ0n) is 12.1. The summed E-state index contributed by atoms with van der Waals surface area (Å²) in [6, 6.07) is 7.29. The first kappa shape index (κ1) is 15.2. The first-order valence-corrected chi connectivity index (χ1v) is 7.69. The number of hydrogen-bond donors (Lipinski definition) is 0. The molecule has 0 radical (unpaired) electrons. The van der Waals surface area contributed by atoms with Crippen LogP contribution in [0, 0.1) is 5.92 Å². The smallest absolute Gasteiger partial charge is 0.263 e. The summed E-state index contributed by atoms with van der Waals surface area (Å²) in [7, 11) is 0. The van der Waals surface area contributed by atoms with Crippen LogP contribution < -0.4 is 4.74 Å². The molecule has 2 atom stereocenters. The van der Waals surface area contributed by atoms with E-state index >= 15 is 0 Å². The number of para-hydroxylation sites is 1. The zero-order valence-corrected chi connectivity index (χ0v) is 12.9. The lowest BCUT2D eigenvalue weighted by molar-refractivity contribution is -0.140. The number of benzene rings is 1. The van der Waals surface area contributed by atoms with Crippen molar-refractivity contribution in [1.29, 1.82) is 0 Å². The predicted molar refractivity (Wildman–Crippen MR) is 81.1 cm³/mol. The molecule has 1 aliphatic heterocycles. The van der Waals surface area contributed by atoms with E-state index in [0.29, 0.717) is 23.1 Å². The second-order valence-electron chi connectivity index (χ2n) is 5.48. The molecule has 1 aliphatic rings. The summed E-state index contributed by atoms with van der Waals surface area (Å²) in [6.45, 7) is 5.83. The van der Waals surface area contributed by atoms with Gasteiger partial charge in [-0.15, -0.1) is 0 Å². The second-order valence-corrected chi connectivity index (χ2v) is 5.88. The molecular formula is C16H22ClNO2. The molecule has 20 heavy (non-hydrogen) atoms. The number of nitrogens with zero attached hydrogens (tertiary/aromatic N) is 1. The maximum Gasteiger partial charge on any atom is 0.263 e. The van der Waals surface area contributed by atoms with Gasteiger partial charge in [0.1, 0.15) is 5.75 Å². The first-order chi connectivity index (χ1) is 9.61. The summed E-state index contributed by atoms with van der Waals surface area (Å²) in [6.07, 6.45) is 2.48. The van der Waals surface area contributed by atoms with Crippen LogP contribution in [0.1, 0.15) is 33.1 Å². The quantitative estimate of drug-likeness (QED) is 0.846. The molecule has 0 spiro atoms. The number of likely N-dealkylation sites (tertiary alicyclic amines) is 1. The van der Waals surface area contributed by atoms with Gasteiger partial charge in [0.05, 0.1) is 5.02 Å². The van der Waals surface area contributed by atoms with E-state index in [2.05, 4.69) is 6.92 Å². The van der Waals surface area contributed by atoms with Crippen LogP contribution >= 0.6 is 11.6 Å². The maximum absolute atomic E-state index is 12.5. The average Bonchev–Trinajstić information content (AvgIpc) is 2.46. The third-order valence-electron chi connectivity index (χ3n) is 3.72. The fourth-order valence-corrected chi connectivity index (χ4v) is 2.78. The zero-order chi connectivity index (χ0) is 14.5. The van der Waals surface area contributed by atoms with E-state index in [-0.39, 0.29) is 5.91 Å². The third kappa shape index (κ3) is 3.66. The van der Waals surface area contributed by atoms with E-state index < -0.39 is 6.10 Å². The highest BCUT2D eigenvalue weighted by Crippen LogP contribution is 2.26. The molecular weight excluding hydrogens is 274 g/mol. The molecule has 4 heteroatoms. The largest absolute Gasteiger partial charge is 0.479 e. The van der Waals surface area contributed by atoms with Crippen LogP contribution in [0.25, 0.3) is 0 Å². The Hall–Kier alpha value is -1.22. The normalized spacial score (nSPS) is 20.6. The molecule has 0 N–H and O–H groups in total. The highest BCUT2D eigenvalue weighted by Gasteiger charge is 2.28. The molecule has 1 amide bonds. The van der Waals surface area contributed by atoms with E-state index in [1.807, 2.05) is 24.0 Å². The molecule has 0 aromatic heterocycles. The summed E-state index contributed by atoms with van der Waals surface area (Å²) in [5.74, 6) is 1.24. The number of carbonyl (C=O) groups is 1. The van der Waals surface area contributed by atoms with Gasteiger partial charge >= 0.3 is 0 Å². The van der Waals surface area contributed by atoms with Crippen molar-refractivity contribution in [3.63, 3.8) is 0 Å². The molecule has 0 unspecified atom stereocenters. The molecule has 3 nitrogen and oxygen atoms in total. The second kappa shape index (κ2) is 6.98. The number of carbonyl (C=O) groups excluding carboxylic acids is 1. The molecule has 0 bridgehead atoms. The number of ether oxygens (including phenoxy) is 1. The Labute approximate surface area is 125 Å². The van der Waals surface area contributed by atoms with Crippen molar-refractivity contribution in [2.45, 2.75) is 39.2 Å². The van der Waals surface area contributed by atoms with Gasteiger partial charge in [-0.2, -0.15) is 0 Å². The van der Waals surface area contributed by atoms with Crippen LogP contribution in [0.5, 0.6) is 5.75 Å². The van der Waals surface area contributed by atoms with Crippen molar-refractivity contribution >= 4 is 17.5 Å². The van der Waals surface area contributed by atoms with Crippen molar-refractivity contribution < 1.29 is 9.53 Å². The Balaban J connectivity index is 2.04. The molecule has 0 saturated carbocycles. The fourth-order valence-electron chi connectivity index (χ4n) is 2.60. The van der Waals surface area contributed by atoms with Gasteiger partial charge in [0.25, 0.3) is 5.91 Å². The minimum absolute atomic E-state index is 0.0824. The van der Waals surface area contributed by atoms with E-state index in [1.54, 1.807) is 12.1 Å². The first-order valence-electron chi connectivity index (χ1n) is 7.31. The lowest BCUT2D eigenvalue weighted by Crippen LogP contribution is -2.46. The SMILES string of the molecule is CC[C@H](Oc1ccccc1Cl)C(=O)N1CCC[C@@H](C)C1. The van der Waals surface area contributed by atoms with Gasteiger partial charge in [0, 0.05) is 13.1 Å². The van der Waals surface area contributed by atoms with Gasteiger partial charge in [-0.1, -0.05) is 37.6 Å². The number of halogens is 1. The van der Waals surface area contributed by atoms with E-state index in [9.17, 15) is 4.79 Å². The Kier molecular flexibility index (Phi) is 5.30. The number of amides is 1. The predicted octanol–water partition coefficient (Wildman–Crippen LogP) is 3.76. The molecule has 2 rings (SSSR count). The van der Waals surface area contributed by atoms with Crippen molar-refractivity contribution in [3.05, 3.63) is 29.3 Å². The summed E-state index contributed by atoms with van der Waals surface area (Å²) >= 11 is 6.09. The highest BCUT2D eigenvalue weighted by molar-refractivity contribution is 6.32. The summed E-state index contributed by atoms with van der Waals surface area (Å²) in [4.78, 5) is 14.5. The van der Waals surface area contributed by atoms with Gasteiger partial charge in [-0.05, 0) is 37.3 Å². The minimum Gasteiger partial charge on any atom is -0.479 e. The Morgan fingerprint density at radius 2 is 2.25 bits per heavy atom. The Bertz CT molecular complexity index is 464. The average molecular weight is 296 g/mol. The molecule has 1 saturated heterocycles. The van der Waals surface area contributed by atoms with Crippen molar-refractivity contribution in [1.82, 2.24) is 4.90 Å². The van der Waals surface area contributed by atoms with Crippen molar-refractivity contribution in [2.75, 3.05) is 13.1 Å². The number of piperidine rings is 1. The number of rotatable bonds is 4. The molecule has 1 aromatic rings. The van der Waals surface area contributed by atoms with Gasteiger partial charge in [-0.25, -0.2) is 0 Å². The van der Waals surface area contributed by atoms with Gasteiger partial charge in [-0.3, -0.25) is 4.79 Å². The summed E-state index contributed by atoms with van der Waals surface area (Å²) in [5, 5.41) is 0.547. The van der Waals surface area contributed by atoms with Gasteiger partial charge in [0.15, 0.2) is 6.10 Å². The molecule has 1 fully saturated rings. The molecule has 1 heterocycles. The van der Waals surface area contributed by atoms with Crippen LogP contribution in [0.15, 0.2) is 24.3 Å². The summed E-state index contributed by atoms with van der Waals surface area (Å²) < 4.78 is 5.82. The molecule has 1 aromatic carbocycles. The fraction of sp³-hybridized carbons (Fsp3) is 0.562. The van der Waals surface area contributed by atoms with E-state index in [4.69, 9.17) is 16.3 Å². The molecule has 0 aliphatic carbocycles. The van der Waals surface area contributed by atoms with Crippen LogP contribution in [0.3, 0.4) is 0 Å². The monoisotopic (exact) mass is 295 g/mol. The van der Waals surface area contributed by atoms with Crippen molar-refractivity contribution in [2.24, 2.45) is 5.92 Å². The van der Waals surface area contributed by atoms with Crippen LogP contribution in [-0.4, -0.2) is 30.0 Å². The van der Waals surface area contributed by atoms with Gasteiger partial charge < -0.3 is 9.64 Å². The highest BCUT2D eigenvalue weighted by atomic mass is 35.5. The van der Waals surface area contributed by atoms with Crippen molar-refractivity contribution in [3.8, 4) is 5.75 Å². The maximum atomic E-state index is 12.5. The topological polar surface area (TPSA) is 29.5 Å². The Morgan fingerprint density at radius 3 is 2.90 bits per heavy atom. The lowest BCUT2D eigenvalue weighted by Gasteiger charge is -2.33. The molecule has 110 valence electrons. The summed E-state index contributed by atoms with van der Waals surface area (Å²) in [5.41, 5.74) is 0. The minimum atomic E-state index is -0.444. The van der Waals surface area contributed by atoms with Crippen LogP contribution in [-0.2, 0) is 4.79 Å². The van der Waals surface area contributed by atoms with Crippen LogP contribution in [0.4, 0.5) is 0 Å². The van der Waals surface area contributed by atoms with E-state index in [0.717, 1.165) is 19.5 Å². The standard InChI is InChI=1S/C16H22ClNO2/c1-3-14(20-15-9-5-4-8-13(15)17)16(19)18-10-6-7-12(2)11-18/h4-5,8-9,12,14H,3,6-7,10-11H2,1-2H3/t12-,14+/m1/s1. The number of hydrogen-bond acceptors (Lipinski definition) is 2. The Morgan fingerprint density at radius 1 is 1.50 bits per heavy atom. The van der Waals surface area contributed by atoms with E-state index in [1.165, 1.54) is 6.42 Å². The lowest BCUT2D eigenvalue weighted by atomic mass is 9.99. The van der Waals surface area contributed by atoms with Crippen LogP contribution in [0.2, 0.25) is 5.02 Å².